The Labute approximate surface area is 103 Å². The Hall–Kier alpha value is -1.13. The quantitative estimate of drug-likeness (QED) is 0.856. The van der Waals surface area contributed by atoms with Gasteiger partial charge in [-0.15, -0.1) is 0 Å². The summed E-state index contributed by atoms with van der Waals surface area (Å²) in [6.07, 6.45) is 2.53. The van der Waals surface area contributed by atoms with Gasteiger partial charge in [0.25, 0.3) is 0 Å². The average molecular weight is 235 g/mol. The van der Waals surface area contributed by atoms with Crippen LogP contribution in [0.5, 0.6) is 0 Å². The number of anilines is 1. The summed E-state index contributed by atoms with van der Waals surface area (Å²) in [5.74, 6) is 0.979. The minimum Gasteiger partial charge on any atom is -0.389 e. The van der Waals surface area contributed by atoms with Gasteiger partial charge in [-0.05, 0) is 45.1 Å². The molecule has 0 radical (unpaired) electrons. The molecule has 2 heterocycles. The first-order valence-corrected chi connectivity index (χ1v) is 6.13. The molecule has 4 nitrogen and oxygen atoms in total. The monoisotopic (exact) mass is 235 g/mol. The molecule has 17 heavy (non-hydrogen) atoms. The summed E-state index contributed by atoms with van der Waals surface area (Å²) in [4.78, 5) is 8.94. The molecule has 0 saturated carbocycles. The van der Waals surface area contributed by atoms with Crippen molar-refractivity contribution in [3.63, 3.8) is 0 Å². The fraction of sp³-hybridized carbons (Fsp3) is 0.615. The average Bonchev–Trinajstić information content (AvgIpc) is 2.78. The number of hydrogen-bond donors (Lipinski definition) is 1. The summed E-state index contributed by atoms with van der Waals surface area (Å²) in [6.45, 7) is 3.84. The Morgan fingerprint density at radius 1 is 1.53 bits per heavy atom. The third-order valence-corrected chi connectivity index (χ3v) is 3.47. The van der Waals surface area contributed by atoms with Crippen molar-refractivity contribution < 1.29 is 5.11 Å². The molecule has 1 N–H and O–H groups in total. The standard InChI is InChI=1S/C13H21N3O/c1-10(17)11-4-6-14-13(8-11)16-7-5-12(9-16)15(2)3/h4,6,8,10,12,17H,5,7,9H2,1-3H3/t10-,12?/m0/s1. The second-order valence-electron chi connectivity index (χ2n) is 4.98. The SMILES string of the molecule is C[C@H](O)c1ccnc(N2CCC(N(C)C)C2)c1. The van der Waals surface area contributed by atoms with Crippen molar-refractivity contribution in [2.45, 2.75) is 25.5 Å². The lowest BCUT2D eigenvalue weighted by Crippen LogP contribution is -2.31. The number of nitrogens with zero attached hydrogens (tertiary/aromatic N) is 3. The van der Waals surface area contributed by atoms with Crippen LogP contribution >= 0.6 is 0 Å². The highest BCUT2D eigenvalue weighted by Crippen LogP contribution is 2.22. The van der Waals surface area contributed by atoms with Gasteiger partial charge in [-0.3, -0.25) is 0 Å². The summed E-state index contributed by atoms with van der Waals surface area (Å²) in [5.41, 5.74) is 0.934. The van der Waals surface area contributed by atoms with E-state index in [1.165, 1.54) is 6.42 Å². The predicted octanol–water partition coefficient (Wildman–Crippen LogP) is 1.28. The van der Waals surface area contributed by atoms with Gasteiger partial charge >= 0.3 is 0 Å². The van der Waals surface area contributed by atoms with Gasteiger partial charge < -0.3 is 14.9 Å². The lowest BCUT2D eigenvalue weighted by atomic mass is 10.2. The van der Waals surface area contributed by atoms with Gasteiger partial charge in [-0.2, -0.15) is 0 Å². The molecule has 0 aromatic carbocycles. The molecule has 0 aliphatic carbocycles. The fourth-order valence-electron chi connectivity index (χ4n) is 2.24. The van der Waals surface area contributed by atoms with E-state index in [0.29, 0.717) is 6.04 Å². The molecule has 0 bridgehead atoms. The zero-order valence-electron chi connectivity index (χ0n) is 10.8. The highest BCUT2D eigenvalue weighted by Gasteiger charge is 2.24. The van der Waals surface area contributed by atoms with E-state index < -0.39 is 6.10 Å². The van der Waals surface area contributed by atoms with Crippen molar-refractivity contribution in [3.05, 3.63) is 23.9 Å². The zero-order valence-corrected chi connectivity index (χ0v) is 10.8. The van der Waals surface area contributed by atoms with Crippen molar-refractivity contribution in [2.75, 3.05) is 32.1 Å². The van der Waals surface area contributed by atoms with Gasteiger partial charge in [0.05, 0.1) is 6.10 Å². The smallest absolute Gasteiger partial charge is 0.128 e. The van der Waals surface area contributed by atoms with Crippen molar-refractivity contribution in [1.29, 1.82) is 0 Å². The van der Waals surface area contributed by atoms with Crippen LogP contribution in [0.2, 0.25) is 0 Å². The lowest BCUT2D eigenvalue weighted by molar-refractivity contribution is 0.199. The molecule has 4 heteroatoms. The second kappa shape index (κ2) is 5.02. The molecule has 1 aliphatic heterocycles. The van der Waals surface area contributed by atoms with Crippen molar-refractivity contribution in [2.24, 2.45) is 0 Å². The second-order valence-corrected chi connectivity index (χ2v) is 4.98. The maximum atomic E-state index is 9.58. The molecule has 0 amide bonds. The Kier molecular flexibility index (Phi) is 3.64. The predicted molar refractivity (Wildman–Crippen MR) is 69.2 cm³/mol. The van der Waals surface area contributed by atoms with Gasteiger partial charge in [0.15, 0.2) is 0 Å². The molecular formula is C13H21N3O. The first-order valence-electron chi connectivity index (χ1n) is 6.13. The number of pyridine rings is 1. The summed E-state index contributed by atoms with van der Waals surface area (Å²) < 4.78 is 0. The number of likely N-dealkylation sites (N-methyl/N-ethyl adjacent to an activating group) is 1. The van der Waals surface area contributed by atoms with E-state index in [9.17, 15) is 5.11 Å². The highest BCUT2D eigenvalue weighted by atomic mass is 16.3. The van der Waals surface area contributed by atoms with Gasteiger partial charge in [0.1, 0.15) is 5.82 Å². The normalized spacial score (nSPS) is 22.2. The Morgan fingerprint density at radius 3 is 2.88 bits per heavy atom. The van der Waals surface area contributed by atoms with Crippen LogP contribution in [0, 0.1) is 0 Å². The van der Waals surface area contributed by atoms with Crippen LogP contribution in [-0.4, -0.2) is 48.2 Å². The van der Waals surface area contributed by atoms with E-state index in [4.69, 9.17) is 0 Å². The summed E-state index contributed by atoms with van der Waals surface area (Å²) in [7, 11) is 4.24. The third-order valence-electron chi connectivity index (χ3n) is 3.47. The molecule has 2 rings (SSSR count). The van der Waals surface area contributed by atoms with Crippen LogP contribution in [0.3, 0.4) is 0 Å². The van der Waals surface area contributed by atoms with Crippen LogP contribution in [0.25, 0.3) is 0 Å². The number of aliphatic hydroxyl groups is 1. The van der Waals surface area contributed by atoms with Crippen molar-refractivity contribution in [3.8, 4) is 0 Å². The van der Waals surface area contributed by atoms with E-state index in [1.807, 2.05) is 12.1 Å². The van der Waals surface area contributed by atoms with Gasteiger partial charge in [0, 0.05) is 25.3 Å². The molecule has 0 spiro atoms. The maximum Gasteiger partial charge on any atom is 0.128 e. The van der Waals surface area contributed by atoms with Gasteiger partial charge in [-0.25, -0.2) is 4.98 Å². The molecule has 2 atom stereocenters. The van der Waals surface area contributed by atoms with Crippen LogP contribution < -0.4 is 4.90 Å². The van der Waals surface area contributed by atoms with Gasteiger partial charge in [-0.1, -0.05) is 0 Å². The third kappa shape index (κ3) is 2.76. The first-order chi connectivity index (χ1) is 8.08. The van der Waals surface area contributed by atoms with Crippen molar-refractivity contribution >= 4 is 5.82 Å². The van der Waals surface area contributed by atoms with Crippen LogP contribution in [0.4, 0.5) is 5.82 Å². The molecule has 1 unspecified atom stereocenters. The maximum absolute atomic E-state index is 9.58. The van der Waals surface area contributed by atoms with Crippen LogP contribution in [0.15, 0.2) is 18.3 Å². The largest absolute Gasteiger partial charge is 0.389 e. The van der Waals surface area contributed by atoms with E-state index in [0.717, 1.165) is 24.5 Å². The molecule has 1 fully saturated rings. The Morgan fingerprint density at radius 2 is 2.29 bits per heavy atom. The molecule has 1 saturated heterocycles. The first kappa shape index (κ1) is 12.3. The Bertz CT molecular complexity index is 379. The molecule has 1 aliphatic rings. The lowest BCUT2D eigenvalue weighted by Gasteiger charge is -2.21. The van der Waals surface area contributed by atoms with E-state index >= 15 is 0 Å². The van der Waals surface area contributed by atoms with Crippen LogP contribution in [0.1, 0.15) is 25.0 Å². The number of aliphatic hydroxyl groups excluding tert-OH is 1. The zero-order chi connectivity index (χ0) is 12.4. The molecule has 94 valence electrons. The van der Waals surface area contributed by atoms with E-state index in [-0.39, 0.29) is 0 Å². The molecule has 1 aromatic heterocycles. The number of hydrogen-bond acceptors (Lipinski definition) is 4. The van der Waals surface area contributed by atoms with E-state index in [1.54, 1.807) is 13.1 Å². The summed E-state index contributed by atoms with van der Waals surface area (Å²) >= 11 is 0. The summed E-state index contributed by atoms with van der Waals surface area (Å²) in [6, 6.07) is 4.46. The highest BCUT2D eigenvalue weighted by molar-refractivity contribution is 5.43. The number of rotatable bonds is 3. The minimum absolute atomic E-state index is 0.427. The molecule has 1 aromatic rings. The fourth-order valence-corrected chi connectivity index (χ4v) is 2.24. The number of aromatic nitrogens is 1. The van der Waals surface area contributed by atoms with E-state index in [2.05, 4.69) is 28.9 Å². The van der Waals surface area contributed by atoms with Gasteiger partial charge in [0.2, 0.25) is 0 Å². The Balaban J connectivity index is 2.11. The van der Waals surface area contributed by atoms with Crippen molar-refractivity contribution in [1.82, 2.24) is 9.88 Å². The molecular weight excluding hydrogens is 214 g/mol. The minimum atomic E-state index is -0.427. The summed E-state index contributed by atoms with van der Waals surface area (Å²) in [5, 5.41) is 9.58. The topological polar surface area (TPSA) is 39.6 Å². The van der Waals surface area contributed by atoms with Crippen LogP contribution in [-0.2, 0) is 0 Å².